The number of thioether (sulfide) groups is 1. The highest BCUT2D eigenvalue weighted by molar-refractivity contribution is 7.99. The highest BCUT2D eigenvalue weighted by Gasteiger charge is 2.44. The van der Waals surface area contributed by atoms with E-state index in [1.165, 1.54) is 7.11 Å². The second-order valence-corrected chi connectivity index (χ2v) is 6.82. The lowest BCUT2D eigenvalue weighted by Gasteiger charge is -2.19. The summed E-state index contributed by atoms with van der Waals surface area (Å²) < 4.78 is 9.90. The number of rotatable bonds is 6. The van der Waals surface area contributed by atoms with Crippen molar-refractivity contribution in [2.24, 2.45) is 5.41 Å². The van der Waals surface area contributed by atoms with Gasteiger partial charge in [-0.05, 0) is 39.0 Å². The molecule has 0 radical (unpaired) electrons. The van der Waals surface area contributed by atoms with Gasteiger partial charge in [0.05, 0.1) is 19.3 Å². The first kappa shape index (κ1) is 15.3. The van der Waals surface area contributed by atoms with E-state index in [4.69, 9.17) is 4.74 Å². The third-order valence-electron chi connectivity index (χ3n) is 2.75. The van der Waals surface area contributed by atoms with Crippen LogP contribution >= 0.6 is 11.8 Å². The average molecular weight is 274 g/mol. The Labute approximate surface area is 113 Å². The summed E-state index contributed by atoms with van der Waals surface area (Å²) in [6.07, 6.45) is 2.55. The Morgan fingerprint density at radius 1 is 1.22 bits per heavy atom. The Morgan fingerprint density at radius 2 is 1.83 bits per heavy atom. The maximum atomic E-state index is 11.5. The van der Waals surface area contributed by atoms with Crippen molar-refractivity contribution in [1.82, 2.24) is 0 Å². The highest BCUT2D eigenvalue weighted by atomic mass is 32.2. The topological polar surface area (TPSA) is 52.6 Å². The van der Waals surface area contributed by atoms with E-state index in [0.29, 0.717) is 12.2 Å². The number of carbonyl (C=O) groups excluding carboxylic acids is 2. The summed E-state index contributed by atoms with van der Waals surface area (Å²) in [5.41, 5.74) is -0.360. The van der Waals surface area contributed by atoms with Crippen LogP contribution in [0, 0.1) is 5.41 Å². The van der Waals surface area contributed by atoms with E-state index in [1.807, 2.05) is 20.8 Å². The summed E-state index contributed by atoms with van der Waals surface area (Å²) in [7, 11) is 1.41. The first-order valence-corrected chi connectivity index (χ1v) is 7.28. The van der Waals surface area contributed by atoms with Gasteiger partial charge in [-0.25, -0.2) is 0 Å². The predicted molar refractivity (Wildman–Crippen MR) is 71.5 cm³/mol. The Morgan fingerprint density at radius 3 is 2.28 bits per heavy atom. The number of carbonyl (C=O) groups is 2. The van der Waals surface area contributed by atoms with Crippen molar-refractivity contribution in [3.8, 4) is 0 Å². The van der Waals surface area contributed by atoms with Gasteiger partial charge < -0.3 is 9.47 Å². The van der Waals surface area contributed by atoms with Gasteiger partial charge in [-0.15, -0.1) is 11.8 Å². The van der Waals surface area contributed by atoms with Crippen LogP contribution in [0.2, 0.25) is 0 Å². The Kier molecular flexibility index (Phi) is 5.08. The lowest BCUT2D eigenvalue weighted by atomic mass is 10.1. The molecule has 0 saturated heterocycles. The number of hydrogen-bond donors (Lipinski definition) is 0. The van der Waals surface area contributed by atoms with Crippen LogP contribution in [-0.4, -0.2) is 36.2 Å². The largest absolute Gasteiger partial charge is 0.469 e. The third-order valence-corrected chi connectivity index (χ3v) is 4.01. The van der Waals surface area contributed by atoms with Crippen molar-refractivity contribution in [3.63, 3.8) is 0 Å². The molecule has 0 atom stereocenters. The van der Waals surface area contributed by atoms with Crippen molar-refractivity contribution >= 4 is 23.7 Å². The number of hydrogen-bond acceptors (Lipinski definition) is 5. The van der Waals surface area contributed by atoms with Crippen LogP contribution in [0.1, 0.15) is 40.0 Å². The van der Waals surface area contributed by atoms with Gasteiger partial charge in [-0.3, -0.25) is 9.59 Å². The molecule has 0 aliphatic heterocycles. The molecule has 5 heteroatoms. The molecule has 0 bridgehead atoms. The lowest BCUT2D eigenvalue weighted by molar-refractivity contribution is -0.151. The van der Waals surface area contributed by atoms with Gasteiger partial charge in [-0.2, -0.15) is 0 Å². The third kappa shape index (κ3) is 5.76. The molecule has 0 aromatic rings. The van der Waals surface area contributed by atoms with Crippen molar-refractivity contribution in [3.05, 3.63) is 0 Å². The molecular formula is C13H22O4S. The molecule has 1 saturated carbocycles. The number of methoxy groups -OCH3 is 1. The first-order valence-electron chi connectivity index (χ1n) is 6.13. The summed E-state index contributed by atoms with van der Waals surface area (Å²) >= 11 is 1.54. The Bertz CT molecular complexity index is 315. The van der Waals surface area contributed by atoms with Gasteiger partial charge in [0.2, 0.25) is 0 Å². The van der Waals surface area contributed by atoms with Gasteiger partial charge in [0.1, 0.15) is 5.60 Å². The van der Waals surface area contributed by atoms with Gasteiger partial charge in [0, 0.05) is 5.75 Å². The molecule has 0 unspecified atom stereocenters. The van der Waals surface area contributed by atoms with E-state index in [1.54, 1.807) is 11.8 Å². The molecule has 0 aromatic heterocycles. The van der Waals surface area contributed by atoms with Crippen molar-refractivity contribution < 1.29 is 19.1 Å². The van der Waals surface area contributed by atoms with E-state index in [-0.39, 0.29) is 17.4 Å². The standard InChI is InChI=1S/C13H22O4S/c1-12(2,3)17-11(15)8-18-9-13(5-6-13)7-10(14)16-4/h5-9H2,1-4H3. The summed E-state index contributed by atoms with van der Waals surface area (Å²) in [5, 5.41) is 0. The van der Waals surface area contributed by atoms with E-state index >= 15 is 0 Å². The van der Waals surface area contributed by atoms with Crippen LogP contribution in [0.25, 0.3) is 0 Å². The molecule has 0 heterocycles. The Balaban J connectivity index is 2.22. The van der Waals surface area contributed by atoms with E-state index < -0.39 is 5.60 Å². The second-order valence-electron chi connectivity index (χ2n) is 5.83. The van der Waals surface area contributed by atoms with Crippen LogP contribution in [0.5, 0.6) is 0 Å². The summed E-state index contributed by atoms with van der Waals surface area (Å²) in [6.45, 7) is 5.57. The average Bonchev–Trinajstić information content (AvgIpc) is 2.95. The minimum absolute atomic E-state index is 0.0692. The van der Waals surface area contributed by atoms with Gasteiger partial charge in [0.25, 0.3) is 0 Å². The smallest absolute Gasteiger partial charge is 0.316 e. The Hall–Kier alpha value is -0.710. The van der Waals surface area contributed by atoms with E-state index in [0.717, 1.165) is 18.6 Å². The SMILES string of the molecule is COC(=O)CC1(CSCC(=O)OC(C)(C)C)CC1. The van der Waals surface area contributed by atoms with E-state index in [2.05, 4.69) is 4.74 Å². The zero-order valence-electron chi connectivity index (χ0n) is 11.6. The van der Waals surface area contributed by atoms with Crippen LogP contribution < -0.4 is 0 Å². The van der Waals surface area contributed by atoms with Crippen molar-refractivity contribution in [2.45, 2.75) is 45.6 Å². The van der Waals surface area contributed by atoms with Crippen molar-refractivity contribution in [1.29, 1.82) is 0 Å². The van der Waals surface area contributed by atoms with Gasteiger partial charge >= 0.3 is 11.9 Å². The zero-order chi connectivity index (χ0) is 13.8. The van der Waals surface area contributed by atoms with E-state index in [9.17, 15) is 9.59 Å². The predicted octanol–water partition coefficient (Wildman–Crippen LogP) is 2.40. The monoisotopic (exact) mass is 274 g/mol. The first-order chi connectivity index (χ1) is 8.26. The molecule has 104 valence electrons. The molecule has 4 nitrogen and oxygen atoms in total. The molecule has 1 rings (SSSR count). The fourth-order valence-electron chi connectivity index (χ4n) is 1.65. The normalized spacial score (nSPS) is 17.1. The molecule has 0 spiro atoms. The van der Waals surface area contributed by atoms with Gasteiger partial charge in [0.15, 0.2) is 0 Å². The van der Waals surface area contributed by atoms with Crippen LogP contribution in [0.3, 0.4) is 0 Å². The summed E-state index contributed by atoms with van der Waals surface area (Å²) in [6, 6.07) is 0. The molecule has 1 fully saturated rings. The fraction of sp³-hybridized carbons (Fsp3) is 0.846. The number of ether oxygens (including phenoxy) is 2. The molecule has 0 aromatic carbocycles. The second kappa shape index (κ2) is 5.95. The zero-order valence-corrected chi connectivity index (χ0v) is 12.4. The molecule has 1 aliphatic carbocycles. The maximum absolute atomic E-state index is 11.5. The summed E-state index contributed by atoms with van der Waals surface area (Å²) in [4.78, 5) is 22.7. The molecular weight excluding hydrogens is 252 g/mol. The molecule has 0 N–H and O–H groups in total. The van der Waals surface area contributed by atoms with Crippen LogP contribution in [-0.2, 0) is 19.1 Å². The van der Waals surface area contributed by atoms with Gasteiger partial charge in [-0.1, -0.05) is 0 Å². The van der Waals surface area contributed by atoms with Crippen molar-refractivity contribution in [2.75, 3.05) is 18.6 Å². The molecule has 1 aliphatic rings. The maximum Gasteiger partial charge on any atom is 0.316 e. The lowest BCUT2D eigenvalue weighted by Crippen LogP contribution is -2.25. The number of esters is 2. The molecule has 18 heavy (non-hydrogen) atoms. The summed E-state index contributed by atoms with van der Waals surface area (Å²) in [5.74, 6) is 0.813. The van der Waals surface area contributed by atoms with Crippen LogP contribution in [0.4, 0.5) is 0 Å². The fourth-order valence-corrected chi connectivity index (χ4v) is 2.80. The highest BCUT2D eigenvalue weighted by Crippen LogP contribution is 2.51. The van der Waals surface area contributed by atoms with Crippen LogP contribution in [0.15, 0.2) is 0 Å². The molecule has 0 amide bonds. The quantitative estimate of drug-likeness (QED) is 0.696. The minimum atomic E-state index is -0.430. The minimum Gasteiger partial charge on any atom is -0.469 e.